The summed E-state index contributed by atoms with van der Waals surface area (Å²) in [5, 5.41) is 6.34. The first kappa shape index (κ1) is 13.9. The van der Waals surface area contributed by atoms with Gasteiger partial charge in [0.05, 0.1) is 5.75 Å². The molecule has 0 bridgehead atoms. The Morgan fingerprint density at radius 3 is 3.05 bits per heavy atom. The van der Waals surface area contributed by atoms with Gasteiger partial charge >= 0.3 is 0 Å². The van der Waals surface area contributed by atoms with E-state index in [1.54, 1.807) is 11.3 Å². The second-order valence-corrected chi connectivity index (χ2v) is 7.98. The Morgan fingerprint density at radius 1 is 1.35 bits per heavy atom. The van der Waals surface area contributed by atoms with E-state index in [0.717, 1.165) is 31.3 Å². The fourth-order valence-electron chi connectivity index (χ4n) is 2.63. The molecule has 2 heterocycles. The molecule has 6 heteroatoms. The van der Waals surface area contributed by atoms with E-state index in [1.807, 2.05) is 29.6 Å². The molecule has 4 nitrogen and oxygen atoms in total. The van der Waals surface area contributed by atoms with Crippen LogP contribution in [0.5, 0.6) is 0 Å². The molecular weight excluding hydrogens is 292 g/mol. The van der Waals surface area contributed by atoms with E-state index < -0.39 is 10.0 Å². The minimum Gasteiger partial charge on any atom is -0.316 e. The minimum atomic E-state index is -3.27. The van der Waals surface area contributed by atoms with Gasteiger partial charge in [-0.25, -0.2) is 8.42 Å². The number of anilines is 1. The van der Waals surface area contributed by atoms with Crippen molar-refractivity contribution in [3.63, 3.8) is 0 Å². The van der Waals surface area contributed by atoms with Crippen molar-refractivity contribution in [1.82, 2.24) is 5.32 Å². The quantitative estimate of drug-likeness (QED) is 0.913. The molecule has 1 aromatic carbocycles. The summed E-state index contributed by atoms with van der Waals surface area (Å²) in [6, 6.07) is 7.68. The van der Waals surface area contributed by atoms with Gasteiger partial charge in [-0.05, 0) is 66.9 Å². The van der Waals surface area contributed by atoms with Crippen LogP contribution >= 0.6 is 11.3 Å². The Morgan fingerprint density at radius 2 is 2.25 bits per heavy atom. The summed E-state index contributed by atoms with van der Waals surface area (Å²) >= 11 is 1.66. The zero-order valence-electron chi connectivity index (χ0n) is 11.1. The summed E-state index contributed by atoms with van der Waals surface area (Å²) in [5.41, 5.74) is 0.652. The predicted molar refractivity (Wildman–Crippen MR) is 84.8 cm³/mol. The molecule has 1 atom stereocenters. The lowest BCUT2D eigenvalue weighted by atomic mass is 10.0. The van der Waals surface area contributed by atoms with Crippen LogP contribution < -0.4 is 10.0 Å². The number of hydrogen-bond acceptors (Lipinski definition) is 4. The van der Waals surface area contributed by atoms with Gasteiger partial charge in [-0.1, -0.05) is 0 Å². The molecule has 1 aliphatic rings. The first-order chi connectivity index (χ1) is 9.62. The summed E-state index contributed by atoms with van der Waals surface area (Å²) in [5.74, 6) is 0.410. The summed E-state index contributed by atoms with van der Waals surface area (Å²) in [4.78, 5) is 0. The largest absolute Gasteiger partial charge is 0.316 e. The van der Waals surface area contributed by atoms with E-state index in [-0.39, 0.29) is 11.7 Å². The lowest BCUT2D eigenvalue weighted by Crippen LogP contribution is -2.35. The van der Waals surface area contributed by atoms with Crippen molar-refractivity contribution in [2.24, 2.45) is 5.92 Å². The Hall–Kier alpha value is -1.11. The summed E-state index contributed by atoms with van der Waals surface area (Å²) < 4.78 is 28.3. The number of nitrogens with one attached hydrogen (secondary N) is 2. The second-order valence-electron chi connectivity index (χ2n) is 5.27. The Bertz CT molecular complexity index is 688. The van der Waals surface area contributed by atoms with Gasteiger partial charge in [0.2, 0.25) is 10.0 Å². The van der Waals surface area contributed by atoms with E-state index in [1.165, 1.54) is 4.70 Å². The average Bonchev–Trinajstić information content (AvgIpc) is 2.86. The van der Waals surface area contributed by atoms with E-state index in [4.69, 9.17) is 0 Å². The van der Waals surface area contributed by atoms with Crippen LogP contribution in [0.25, 0.3) is 10.1 Å². The van der Waals surface area contributed by atoms with Crippen molar-refractivity contribution in [1.29, 1.82) is 0 Å². The SMILES string of the molecule is O=S(=O)(CC1CCCNC1)Nc1ccc2sccc2c1. The second kappa shape index (κ2) is 5.71. The van der Waals surface area contributed by atoms with Gasteiger partial charge in [0, 0.05) is 10.4 Å². The third-order valence-electron chi connectivity index (χ3n) is 3.58. The van der Waals surface area contributed by atoms with Gasteiger partial charge in [0.25, 0.3) is 0 Å². The highest BCUT2D eigenvalue weighted by Crippen LogP contribution is 2.25. The summed E-state index contributed by atoms with van der Waals surface area (Å²) in [6.45, 7) is 1.79. The minimum absolute atomic E-state index is 0.196. The maximum absolute atomic E-state index is 12.2. The molecule has 3 rings (SSSR count). The van der Waals surface area contributed by atoms with Crippen LogP contribution in [0.2, 0.25) is 0 Å². The van der Waals surface area contributed by atoms with Crippen LogP contribution in [0.3, 0.4) is 0 Å². The van der Waals surface area contributed by atoms with Crippen molar-refractivity contribution in [3.05, 3.63) is 29.6 Å². The third kappa shape index (κ3) is 3.31. The van der Waals surface area contributed by atoms with E-state index in [0.29, 0.717) is 5.69 Å². The molecule has 20 heavy (non-hydrogen) atoms. The first-order valence-electron chi connectivity index (χ1n) is 6.81. The lowest BCUT2D eigenvalue weighted by Gasteiger charge is -2.22. The molecule has 2 N–H and O–H groups in total. The number of thiophene rings is 1. The average molecular weight is 310 g/mol. The van der Waals surface area contributed by atoms with Gasteiger partial charge < -0.3 is 5.32 Å². The molecule has 0 saturated carbocycles. The van der Waals surface area contributed by atoms with E-state index in [9.17, 15) is 8.42 Å². The normalized spacial score (nSPS) is 20.1. The van der Waals surface area contributed by atoms with Gasteiger partial charge in [-0.2, -0.15) is 0 Å². The highest BCUT2D eigenvalue weighted by molar-refractivity contribution is 7.92. The fraction of sp³-hybridized carbons (Fsp3) is 0.429. The molecule has 1 unspecified atom stereocenters. The van der Waals surface area contributed by atoms with Crippen LogP contribution in [-0.4, -0.2) is 27.3 Å². The topological polar surface area (TPSA) is 58.2 Å². The number of piperidine rings is 1. The molecule has 1 fully saturated rings. The number of fused-ring (bicyclic) bond motifs is 1. The Balaban J connectivity index is 1.71. The van der Waals surface area contributed by atoms with Crippen LogP contribution in [0, 0.1) is 5.92 Å². The van der Waals surface area contributed by atoms with Gasteiger partial charge in [-0.15, -0.1) is 11.3 Å². The molecule has 0 aliphatic carbocycles. The summed E-state index contributed by atoms with van der Waals surface area (Å²) in [7, 11) is -3.27. The molecule has 0 amide bonds. The highest BCUT2D eigenvalue weighted by atomic mass is 32.2. The summed E-state index contributed by atoms with van der Waals surface area (Å²) in [6.07, 6.45) is 2.04. The van der Waals surface area contributed by atoms with Crippen LogP contribution in [-0.2, 0) is 10.0 Å². The maximum Gasteiger partial charge on any atom is 0.233 e. The van der Waals surface area contributed by atoms with Crippen LogP contribution in [0.15, 0.2) is 29.6 Å². The zero-order chi connectivity index (χ0) is 14.0. The molecule has 1 aromatic heterocycles. The molecule has 1 aliphatic heterocycles. The zero-order valence-corrected chi connectivity index (χ0v) is 12.8. The van der Waals surface area contributed by atoms with Crippen LogP contribution in [0.4, 0.5) is 5.69 Å². The van der Waals surface area contributed by atoms with Gasteiger partial charge in [-0.3, -0.25) is 4.72 Å². The molecule has 2 aromatic rings. The van der Waals surface area contributed by atoms with Crippen molar-refractivity contribution >= 4 is 37.1 Å². The molecule has 1 saturated heterocycles. The lowest BCUT2D eigenvalue weighted by molar-refractivity contribution is 0.404. The van der Waals surface area contributed by atoms with Crippen molar-refractivity contribution in [3.8, 4) is 0 Å². The first-order valence-corrected chi connectivity index (χ1v) is 9.34. The molecule has 0 radical (unpaired) electrons. The van der Waals surface area contributed by atoms with Gasteiger partial charge in [0.15, 0.2) is 0 Å². The smallest absolute Gasteiger partial charge is 0.233 e. The monoisotopic (exact) mass is 310 g/mol. The van der Waals surface area contributed by atoms with Crippen molar-refractivity contribution in [2.75, 3.05) is 23.6 Å². The standard InChI is InChI=1S/C14H18N2O2S2/c17-20(18,10-11-2-1-6-15-9-11)16-13-3-4-14-12(8-13)5-7-19-14/h3-5,7-8,11,15-16H,1-2,6,9-10H2. The molecular formula is C14H18N2O2S2. The Kier molecular flexibility index (Phi) is 3.96. The number of benzene rings is 1. The number of sulfonamides is 1. The van der Waals surface area contributed by atoms with Gasteiger partial charge in [0.1, 0.15) is 0 Å². The van der Waals surface area contributed by atoms with Crippen molar-refractivity contribution in [2.45, 2.75) is 12.8 Å². The molecule has 0 spiro atoms. The van der Waals surface area contributed by atoms with E-state index >= 15 is 0 Å². The Labute approximate surface area is 123 Å². The van der Waals surface area contributed by atoms with Crippen LogP contribution in [0.1, 0.15) is 12.8 Å². The maximum atomic E-state index is 12.2. The third-order valence-corrected chi connectivity index (χ3v) is 5.93. The van der Waals surface area contributed by atoms with Crippen molar-refractivity contribution < 1.29 is 8.42 Å². The number of rotatable bonds is 4. The van der Waals surface area contributed by atoms with E-state index in [2.05, 4.69) is 10.0 Å². The predicted octanol–water partition coefficient (Wildman–Crippen LogP) is 2.64. The fourth-order valence-corrected chi connectivity index (χ4v) is 4.87. The molecule has 108 valence electrons. The number of hydrogen-bond donors (Lipinski definition) is 2. The highest BCUT2D eigenvalue weighted by Gasteiger charge is 2.21.